The summed E-state index contributed by atoms with van der Waals surface area (Å²) in [7, 11) is 0. The van der Waals surface area contributed by atoms with Gasteiger partial charge in [-0.3, -0.25) is 4.79 Å². The molecule has 6 heteroatoms. The van der Waals surface area contributed by atoms with Crippen LogP contribution in [-0.2, 0) is 6.54 Å². The minimum atomic E-state index is -0.137. The number of nitrogens with zero attached hydrogens (tertiary/aromatic N) is 1. The Morgan fingerprint density at radius 3 is 2.90 bits per heavy atom. The molecule has 0 unspecified atom stereocenters. The SMILES string of the molecule is CCNCc1cc(Cl)ccc1Sc1nc(C)cc(=O)[nH]1. The standard InChI is InChI=1S/C14H16ClN3OS/c1-3-16-8-10-7-11(15)4-5-12(10)20-14-17-9(2)6-13(19)18-14/h4-7,16H,3,8H2,1-2H3,(H,17,18,19). The predicted molar refractivity (Wildman–Crippen MR) is 82.6 cm³/mol. The molecule has 2 aromatic rings. The highest BCUT2D eigenvalue weighted by Crippen LogP contribution is 2.29. The fraction of sp³-hybridized carbons (Fsp3) is 0.286. The molecule has 0 aliphatic rings. The summed E-state index contributed by atoms with van der Waals surface area (Å²) in [6.07, 6.45) is 0. The first-order chi connectivity index (χ1) is 9.58. The number of benzene rings is 1. The van der Waals surface area contributed by atoms with E-state index >= 15 is 0 Å². The first-order valence-corrected chi connectivity index (χ1v) is 7.53. The third-order valence-electron chi connectivity index (χ3n) is 2.64. The van der Waals surface area contributed by atoms with E-state index in [0.717, 1.165) is 23.5 Å². The largest absolute Gasteiger partial charge is 0.313 e. The Hall–Kier alpha value is -1.30. The predicted octanol–water partition coefficient (Wildman–Crippen LogP) is 2.99. The van der Waals surface area contributed by atoms with Gasteiger partial charge in [0, 0.05) is 28.2 Å². The van der Waals surface area contributed by atoms with E-state index in [1.807, 2.05) is 18.2 Å². The van der Waals surface area contributed by atoms with Crippen molar-refractivity contribution in [2.75, 3.05) is 6.54 Å². The lowest BCUT2D eigenvalue weighted by Crippen LogP contribution is -2.12. The highest BCUT2D eigenvalue weighted by molar-refractivity contribution is 7.99. The van der Waals surface area contributed by atoms with Gasteiger partial charge in [-0.2, -0.15) is 0 Å². The molecule has 1 aromatic carbocycles. The van der Waals surface area contributed by atoms with Crippen LogP contribution in [0.3, 0.4) is 0 Å². The number of aromatic amines is 1. The van der Waals surface area contributed by atoms with Crippen molar-refractivity contribution in [3.05, 3.63) is 50.9 Å². The molecule has 0 atom stereocenters. The Morgan fingerprint density at radius 1 is 1.40 bits per heavy atom. The zero-order valence-electron chi connectivity index (χ0n) is 11.4. The summed E-state index contributed by atoms with van der Waals surface area (Å²) in [4.78, 5) is 19.6. The molecule has 0 fully saturated rings. The van der Waals surface area contributed by atoms with Crippen LogP contribution in [0.4, 0.5) is 0 Å². The second-order valence-corrected chi connectivity index (χ2v) is 5.79. The van der Waals surface area contributed by atoms with Crippen LogP contribution in [0.1, 0.15) is 18.2 Å². The minimum Gasteiger partial charge on any atom is -0.313 e. The van der Waals surface area contributed by atoms with E-state index in [1.54, 1.807) is 6.92 Å². The fourth-order valence-electron chi connectivity index (χ4n) is 1.75. The summed E-state index contributed by atoms with van der Waals surface area (Å²) in [6.45, 7) is 5.48. The van der Waals surface area contributed by atoms with Gasteiger partial charge in [0.15, 0.2) is 5.16 Å². The first kappa shape index (κ1) is 15.1. The third-order valence-corrected chi connectivity index (χ3v) is 3.88. The van der Waals surface area contributed by atoms with Crippen molar-refractivity contribution in [1.82, 2.24) is 15.3 Å². The maximum absolute atomic E-state index is 11.5. The van der Waals surface area contributed by atoms with Crippen molar-refractivity contribution < 1.29 is 0 Å². The Labute approximate surface area is 127 Å². The van der Waals surface area contributed by atoms with Crippen molar-refractivity contribution >= 4 is 23.4 Å². The third kappa shape index (κ3) is 4.10. The summed E-state index contributed by atoms with van der Waals surface area (Å²) in [5, 5.41) is 4.57. The van der Waals surface area contributed by atoms with E-state index in [2.05, 4.69) is 22.2 Å². The van der Waals surface area contributed by atoms with Gasteiger partial charge in [0.05, 0.1) is 0 Å². The van der Waals surface area contributed by atoms with Crippen LogP contribution in [-0.4, -0.2) is 16.5 Å². The normalized spacial score (nSPS) is 10.8. The van der Waals surface area contributed by atoms with Gasteiger partial charge in [0.1, 0.15) is 0 Å². The number of hydrogen-bond acceptors (Lipinski definition) is 4. The highest BCUT2D eigenvalue weighted by atomic mass is 35.5. The Morgan fingerprint density at radius 2 is 2.20 bits per heavy atom. The van der Waals surface area contributed by atoms with E-state index in [9.17, 15) is 4.79 Å². The smallest absolute Gasteiger partial charge is 0.251 e. The molecule has 2 N–H and O–H groups in total. The molecule has 2 rings (SSSR count). The Bertz CT molecular complexity index is 657. The topological polar surface area (TPSA) is 57.8 Å². The van der Waals surface area contributed by atoms with E-state index in [1.165, 1.54) is 17.8 Å². The molecule has 0 radical (unpaired) electrons. The highest BCUT2D eigenvalue weighted by Gasteiger charge is 2.07. The summed E-state index contributed by atoms with van der Waals surface area (Å²) >= 11 is 7.48. The average molecular weight is 310 g/mol. The van der Waals surface area contributed by atoms with Gasteiger partial charge in [0.2, 0.25) is 0 Å². The number of halogens is 1. The number of aryl methyl sites for hydroxylation is 1. The van der Waals surface area contributed by atoms with Crippen LogP contribution in [0.25, 0.3) is 0 Å². The lowest BCUT2D eigenvalue weighted by Gasteiger charge is -2.10. The van der Waals surface area contributed by atoms with E-state index in [4.69, 9.17) is 11.6 Å². The molecule has 1 heterocycles. The zero-order chi connectivity index (χ0) is 14.5. The monoisotopic (exact) mass is 309 g/mol. The molecule has 1 aromatic heterocycles. The number of H-pyrrole nitrogens is 1. The molecule has 0 spiro atoms. The Balaban J connectivity index is 2.29. The van der Waals surface area contributed by atoms with Gasteiger partial charge in [-0.05, 0) is 37.2 Å². The fourth-order valence-corrected chi connectivity index (χ4v) is 2.89. The van der Waals surface area contributed by atoms with Crippen LogP contribution in [0.15, 0.2) is 39.1 Å². The van der Waals surface area contributed by atoms with Gasteiger partial charge in [-0.15, -0.1) is 0 Å². The van der Waals surface area contributed by atoms with Gasteiger partial charge in [-0.1, -0.05) is 30.3 Å². The van der Waals surface area contributed by atoms with Crippen molar-refractivity contribution in [2.24, 2.45) is 0 Å². The molecule has 0 aliphatic heterocycles. The summed E-state index contributed by atoms with van der Waals surface area (Å²) in [6, 6.07) is 7.20. The molecular weight excluding hydrogens is 294 g/mol. The van der Waals surface area contributed by atoms with Crippen molar-refractivity contribution in [3.63, 3.8) is 0 Å². The molecule has 4 nitrogen and oxygen atoms in total. The quantitative estimate of drug-likeness (QED) is 0.834. The van der Waals surface area contributed by atoms with Crippen LogP contribution in [0, 0.1) is 6.92 Å². The van der Waals surface area contributed by atoms with Crippen LogP contribution >= 0.6 is 23.4 Å². The average Bonchev–Trinajstić information content (AvgIpc) is 2.38. The zero-order valence-corrected chi connectivity index (χ0v) is 12.9. The van der Waals surface area contributed by atoms with Crippen molar-refractivity contribution in [1.29, 1.82) is 0 Å². The second-order valence-electron chi connectivity index (χ2n) is 4.33. The molecule has 0 saturated heterocycles. The van der Waals surface area contributed by atoms with Gasteiger partial charge >= 0.3 is 0 Å². The van der Waals surface area contributed by atoms with Crippen molar-refractivity contribution in [2.45, 2.75) is 30.4 Å². The van der Waals surface area contributed by atoms with Crippen LogP contribution in [0.5, 0.6) is 0 Å². The van der Waals surface area contributed by atoms with Crippen molar-refractivity contribution in [3.8, 4) is 0 Å². The lowest BCUT2D eigenvalue weighted by molar-refractivity contribution is 0.717. The molecule has 0 aliphatic carbocycles. The number of rotatable bonds is 5. The number of hydrogen-bond donors (Lipinski definition) is 2. The van der Waals surface area contributed by atoms with Gasteiger partial charge in [-0.25, -0.2) is 4.98 Å². The summed E-state index contributed by atoms with van der Waals surface area (Å²) in [5.41, 5.74) is 1.66. The number of nitrogens with one attached hydrogen (secondary N) is 2. The molecule has 0 saturated carbocycles. The summed E-state index contributed by atoms with van der Waals surface area (Å²) < 4.78 is 0. The lowest BCUT2D eigenvalue weighted by atomic mass is 10.2. The van der Waals surface area contributed by atoms with E-state index < -0.39 is 0 Å². The molecule has 106 valence electrons. The van der Waals surface area contributed by atoms with Crippen LogP contribution in [0.2, 0.25) is 5.02 Å². The van der Waals surface area contributed by atoms with Crippen LogP contribution < -0.4 is 10.9 Å². The molecular formula is C14H16ClN3OS. The van der Waals surface area contributed by atoms with E-state index in [-0.39, 0.29) is 5.56 Å². The minimum absolute atomic E-state index is 0.137. The van der Waals surface area contributed by atoms with Gasteiger partial charge < -0.3 is 10.3 Å². The second kappa shape index (κ2) is 6.92. The molecule has 0 bridgehead atoms. The molecule has 20 heavy (non-hydrogen) atoms. The maximum Gasteiger partial charge on any atom is 0.251 e. The molecule has 0 amide bonds. The first-order valence-electron chi connectivity index (χ1n) is 6.33. The maximum atomic E-state index is 11.5. The number of aromatic nitrogens is 2. The van der Waals surface area contributed by atoms with E-state index in [0.29, 0.717) is 15.9 Å². The Kier molecular flexibility index (Phi) is 5.23. The summed E-state index contributed by atoms with van der Waals surface area (Å²) in [5.74, 6) is 0. The van der Waals surface area contributed by atoms with Gasteiger partial charge in [0.25, 0.3) is 5.56 Å².